The van der Waals surface area contributed by atoms with E-state index in [1.54, 1.807) is 0 Å². The molecule has 1 atom stereocenters. The van der Waals surface area contributed by atoms with Crippen molar-refractivity contribution in [2.75, 3.05) is 0 Å². The van der Waals surface area contributed by atoms with Crippen molar-refractivity contribution < 1.29 is 9.84 Å². The van der Waals surface area contributed by atoms with Gasteiger partial charge in [0.1, 0.15) is 0 Å². The lowest BCUT2D eigenvalue weighted by Gasteiger charge is -2.11. The second-order valence-electron chi connectivity index (χ2n) is 1.54. The third kappa shape index (κ3) is 1.20. The second-order valence-corrected chi connectivity index (χ2v) is 1.54. The molecule has 2 heteroatoms. The predicted octanol–water partition coefficient (Wildman–Crippen LogP) is 0.629. The van der Waals surface area contributed by atoms with Crippen molar-refractivity contribution >= 4 is 0 Å². The highest BCUT2D eigenvalue weighted by Gasteiger charge is 2.02. The Morgan fingerprint density at radius 3 is 2.86 bits per heavy atom. The first-order valence-corrected chi connectivity index (χ1v) is 2.38. The van der Waals surface area contributed by atoms with Crippen LogP contribution < -0.4 is 0 Å². The molecular formula is C5H8O2. The van der Waals surface area contributed by atoms with Gasteiger partial charge >= 0.3 is 0 Å². The molecule has 0 saturated carbocycles. The quantitative estimate of drug-likeness (QED) is 0.483. The summed E-state index contributed by atoms with van der Waals surface area (Å²) < 4.78 is 4.65. The fraction of sp³-hybridized carbons (Fsp3) is 0.600. The minimum atomic E-state index is -0.551. The lowest BCUT2D eigenvalue weighted by atomic mass is 10.3. The van der Waals surface area contributed by atoms with Crippen LogP contribution in [0.1, 0.15) is 12.8 Å². The van der Waals surface area contributed by atoms with Crippen LogP contribution in [0.3, 0.4) is 0 Å². The largest absolute Gasteiger partial charge is 0.473 e. The van der Waals surface area contributed by atoms with E-state index in [0.717, 1.165) is 12.8 Å². The molecule has 7 heavy (non-hydrogen) atoms. The zero-order chi connectivity index (χ0) is 5.11. The maximum atomic E-state index is 8.64. The Morgan fingerprint density at radius 1 is 1.71 bits per heavy atom. The smallest absolute Gasteiger partial charge is 0.196 e. The molecule has 0 aliphatic carbocycles. The van der Waals surface area contributed by atoms with Crippen molar-refractivity contribution in [1.29, 1.82) is 0 Å². The average Bonchev–Trinajstić information content (AvgIpc) is 1.69. The van der Waals surface area contributed by atoms with Crippen LogP contribution >= 0.6 is 0 Å². The minimum absolute atomic E-state index is 0.551. The fourth-order valence-corrected chi connectivity index (χ4v) is 0.521. The standard InChI is InChI=1S/C5H8O2/c6-5-3-1-2-4-7-5/h2,4-6H,1,3H2/t5-/m1/s1. The summed E-state index contributed by atoms with van der Waals surface area (Å²) in [5, 5.41) is 8.64. The number of rotatable bonds is 0. The van der Waals surface area contributed by atoms with Crippen LogP contribution in [0.25, 0.3) is 0 Å². The lowest BCUT2D eigenvalue weighted by Crippen LogP contribution is -2.09. The van der Waals surface area contributed by atoms with E-state index in [2.05, 4.69) is 4.74 Å². The minimum Gasteiger partial charge on any atom is -0.473 e. The summed E-state index contributed by atoms with van der Waals surface area (Å²) in [6.45, 7) is 0. The van der Waals surface area contributed by atoms with Crippen LogP contribution in [0.4, 0.5) is 0 Å². The summed E-state index contributed by atoms with van der Waals surface area (Å²) in [4.78, 5) is 0. The number of aliphatic hydroxyl groups excluding tert-OH is 1. The molecule has 1 rings (SSSR count). The van der Waals surface area contributed by atoms with Crippen molar-refractivity contribution in [3.63, 3.8) is 0 Å². The van der Waals surface area contributed by atoms with Gasteiger partial charge in [-0.25, -0.2) is 0 Å². The molecule has 1 heterocycles. The number of hydrogen-bond acceptors (Lipinski definition) is 2. The van der Waals surface area contributed by atoms with Gasteiger partial charge in [0.25, 0.3) is 0 Å². The molecule has 0 fully saturated rings. The Labute approximate surface area is 42.4 Å². The van der Waals surface area contributed by atoms with Crippen molar-refractivity contribution in [3.05, 3.63) is 12.3 Å². The van der Waals surface area contributed by atoms with Gasteiger partial charge in [-0.15, -0.1) is 0 Å². The summed E-state index contributed by atoms with van der Waals surface area (Å²) in [7, 11) is 0. The third-order valence-electron chi connectivity index (χ3n) is 0.912. The van der Waals surface area contributed by atoms with Gasteiger partial charge in [-0.05, 0) is 12.5 Å². The number of hydrogen-bond donors (Lipinski definition) is 1. The van der Waals surface area contributed by atoms with Crippen LogP contribution in [0, 0.1) is 0 Å². The summed E-state index contributed by atoms with van der Waals surface area (Å²) in [6.07, 6.45) is 4.54. The van der Waals surface area contributed by atoms with Gasteiger partial charge in [-0.3, -0.25) is 0 Å². The average molecular weight is 100 g/mol. The predicted molar refractivity (Wildman–Crippen MR) is 25.5 cm³/mol. The number of aliphatic hydroxyl groups is 1. The van der Waals surface area contributed by atoms with Gasteiger partial charge in [0.15, 0.2) is 6.29 Å². The van der Waals surface area contributed by atoms with Gasteiger partial charge in [0.2, 0.25) is 0 Å². The first-order chi connectivity index (χ1) is 3.39. The molecule has 0 aromatic heterocycles. The molecule has 0 aromatic carbocycles. The van der Waals surface area contributed by atoms with Crippen molar-refractivity contribution in [1.82, 2.24) is 0 Å². The van der Waals surface area contributed by atoms with Crippen LogP contribution in [0.2, 0.25) is 0 Å². The first-order valence-electron chi connectivity index (χ1n) is 2.38. The number of ether oxygens (including phenoxy) is 1. The zero-order valence-electron chi connectivity index (χ0n) is 4.00. The topological polar surface area (TPSA) is 29.5 Å². The van der Waals surface area contributed by atoms with Crippen LogP contribution in [-0.2, 0) is 4.74 Å². The third-order valence-corrected chi connectivity index (χ3v) is 0.912. The Hall–Kier alpha value is -0.500. The maximum absolute atomic E-state index is 8.64. The van der Waals surface area contributed by atoms with Gasteiger partial charge in [0, 0.05) is 6.42 Å². The SMILES string of the molecule is O[C@H]1CCC=CO1. The summed E-state index contributed by atoms with van der Waals surface area (Å²) in [6, 6.07) is 0. The van der Waals surface area contributed by atoms with E-state index in [9.17, 15) is 0 Å². The molecule has 1 N–H and O–H groups in total. The summed E-state index contributed by atoms with van der Waals surface area (Å²) >= 11 is 0. The van der Waals surface area contributed by atoms with Gasteiger partial charge < -0.3 is 9.84 Å². The molecule has 1 aliphatic rings. The van der Waals surface area contributed by atoms with Crippen molar-refractivity contribution in [2.45, 2.75) is 19.1 Å². The molecule has 0 radical (unpaired) electrons. The van der Waals surface area contributed by atoms with E-state index < -0.39 is 6.29 Å². The lowest BCUT2D eigenvalue weighted by molar-refractivity contribution is -0.0622. The Bertz CT molecular complexity index is 78.1. The van der Waals surface area contributed by atoms with Crippen LogP contribution in [0.15, 0.2) is 12.3 Å². The van der Waals surface area contributed by atoms with Crippen molar-refractivity contribution in [2.24, 2.45) is 0 Å². The van der Waals surface area contributed by atoms with E-state index >= 15 is 0 Å². The second kappa shape index (κ2) is 1.98. The molecular weight excluding hydrogens is 92.1 g/mol. The molecule has 2 nitrogen and oxygen atoms in total. The monoisotopic (exact) mass is 100 g/mol. The molecule has 0 saturated heterocycles. The van der Waals surface area contributed by atoms with Crippen LogP contribution in [-0.4, -0.2) is 11.4 Å². The summed E-state index contributed by atoms with van der Waals surface area (Å²) in [5.74, 6) is 0. The van der Waals surface area contributed by atoms with E-state index in [4.69, 9.17) is 5.11 Å². The molecule has 0 unspecified atom stereocenters. The Morgan fingerprint density at radius 2 is 2.57 bits per heavy atom. The molecule has 0 aromatic rings. The number of allylic oxidation sites excluding steroid dienone is 1. The highest BCUT2D eigenvalue weighted by Crippen LogP contribution is 2.05. The first kappa shape index (κ1) is 4.65. The zero-order valence-corrected chi connectivity index (χ0v) is 4.00. The van der Waals surface area contributed by atoms with Crippen molar-refractivity contribution in [3.8, 4) is 0 Å². The van der Waals surface area contributed by atoms with Gasteiger partial charge in [-0.1, -0.05) is 0 Å². The maximum Gasteiger partial charge on any atom is 0.196 e. The van der Waals surface area contributed by atoms with Gasteiger partial charge in [0.05, 0.1) is 6.26 Å². The molecule has 0 spiro atoms. The highest BCUT2D eigenvalue weighted by molar-refractivity contribution is 4.78. The van der Waals surface area contributed by atoms with Crippen LogP contribution in [0.5, 0.6) is 0 Å². The highest BCUT2D eigenvalue weighted by atomic mass is 16.6. The normalized spacial score (nSPS) is 29.6. The molecule has 1 aliphatic heterocycles. The van der Waals surface area contributed by atoms with Gasteiger partial charge in [-0.2, -0.15) is 0 Å². The summed E-state index contributed by atoms with van der Waals surface area (Å²) in [5.41, 5.74) is 0. The Kier molecular flexibility index (Phi) is 1.32. The van der Waals surface area contributed by atoms with E-state index in [1.165, 1.54) is 6.26 Å². The Balaban J connectivity index is 2.32. The molecule has 0 bridgehead atoms. The van der Waals surface area contributed by atoms with E-state index in [-0.39, 0.29) is 0 Å². The van der Waals surface area contributed by atoms with E-state index in [0.29, 0.717) is 0 Å². The molecule has 40 valence electrons. The van der Waals surface area contributed by atoms with E-state index in [1.807, 2.05) is 6.08 Å². The molecule has 0 amide bonds. The fourth-order valence-electron chi connectivity index (χ4n) is 0.521.